The maximum Gasteiger partial charge on any atom is 0.140 e. The molecule has 0 aromatic carbocycles. The first-order valence-electron chi connectivity index (χ1n) is 10.3. The van der Waals surface area contributed by atoms with Gasteiger partial charge in [0.15, 0.2) is 0 Å². The van der Waals surface area contributed by atoms with Gasteiger partial charge in [0.05, 0.1) is 12.8 Å². The van der Waals surface area contributed by atoms with Crippen LogP contribution in [0.2, 0.25) is 0 Å². The van der Waals surface area contributed by atoms with Gasteiger partial charge in [-0.2, -0.15) is 0 Å². The van der Waals surface area contributed by atoms with Gasteiger partial charge in [-0.15, -0.1) is 0 Å². The fraction of sp³-hybridized carbons (Fsp3) is 0.545. The Morgan fingerprint density at radius 2 is 2.11 bits per heavy atom. The standard InChI is InChI=1S/C22H30N4O2/c1-27-21-4-5-22(25-20(21)13-17-8-12-28-16-17)26(19-6-10-23-11-7-19)15-18-3-2-9-24-14-18/h2-5,9,14,17,19,23H,6-8,10-13,15-16H2,1H3/t17-/m0/s1. The first-order valence-corrected chi connectivity index (χ1v) is 10.3. The number of nitrogens with one attached hydrogen (secondary N) is 1. The smallest absolute Gasteiger partial charge is 0.140 e. The lowest BCUT2D eigenvalue weighted by atomic mass is 10.0. The summed E-state index contributed by atoms with van der Waals surface area (Å²) in [5.41, 5.74) is 2.25. The van der Waals surface area contributed by atoms with E-state index in [-0.39, 0.29) is 0 Å². The third kappa shape index (κ3) is 4.62. The quantitative estimate of drug-likeness (QED) is 0.795. The van der Waals surface area contributed by atoms with Crippen LogP contribution in [0.15, 0.2) is 36.7 Å². The van der Waals surface area contributed by atoms with Crippen LogP contribution in [0.1, 0.15) is 30.5 Å². The van der Waals surface area contributed by atoms with E-state index >= 15 is 0 Å². The van der Waals surface area contributed by atoms with Crippen LogP contribution >= 0.6 is 0 Å². The number of pyridine rings is 2. The lowest BCUT2D eigenvalue weighted by molar-refractivity contribution is 0.185. The Hall–Kier alpha value is -2.18. The average molecular weight is 383 g/mol. The number of hydrogen-bond acceptors (Lipinski definition) is 6. The van der Waals surface area contributed by atoms with E-state index in [1.165, 1.54) is 5.56 Å². The predicted molar refractivity (Wildman–Crippen MR) is 110 cm³/mol. The van der Waals surface area contributed by atoms with Gasteiger partial charge in [-0.3, -0.25) is 4.98 Å². The zero-order valence-corrected chi connectivity index (χ0v) is 16.6. The molecule has 2 aromatic rings. The van der Waals surface area contributed by atoms with Gasteiger partial charge in [-0.1, -0.05) is 6.07 Å². The van der Waals surface area contributed by atoms with E-state index in [1.54, 1.807) is 7.11 Å². The molecule has 0 unspecified atom stereocenters. The van der Waals surface area contributed by atoms with Crippen LogP contribution in [0.5, 0.6) is 5.75 Å². The van der Waals surface area contributed by atoms with E-state index in [0.717, 1.165) is 75.8 Å². The average Bonchev–Trinajstić information content (AvgIpc) is 3.26. The Morgan fingerprint density at radius 1 is 1.21 bits per heavy atom. The van der Waals surface area contributed by atoms with Gasteiger partial charge in [-0.05, 0) is 68.5 Å². The maximum atomic E-state index is 5.61. The van der Waals surface area contributed by atoms with Gasteiger partial charge in [0.2, 0.25) is 0 Å². The highest BCUT2D eigenvalue weighted by atomic mass is 16.5. The van der Waals surface area contributed by atoms with Gasteiger partial charge in [-0.25, -0.2) is 4.98 Å². The highest BCUT2D eigenvalue weighted by Gasteiger charge is 2.25. The molecule has 2 aliphatic heterocycles. The lowest BCUT2D eigenvalue weighted by Gasteiger charge is -2.36. The zero-order valence-electron chi connectivity index (χ0n) is 16.6. The zero-order chi connectivity index (χ0) is 19.2. The van der Waals surface area contributed by atoms with Gasteiger partial charge >= 0.3 is 0 Å². The summed E-state index contributed by atoms with van der Waals surface area (Å²) >= 11 is 0. The van der Waals surface area contributed by atoms with Crippen molar-refractivity contribution in [2.24, 2.45) is 5.92 Å². The van der Waals surface area contributed by atoms with E-state index in [2.05, 4.69) is 33.4 Å². The molecule has 0 spiro atoms. The minimum Gasteiger partial charge on any atom is -0.495 e. The Morgan fingerprint density at radius 3 is 2.82 bits per heavy atom. The van der Waals surface area contributed by atoms with Crippen LogP contribution in [-0.4, -0.2) is 49.4 Å². The van der Waals surface area contributed by atoms with Crippen molar-refractivity contribution >= 4 is 5.82 Å². The number of nitrogens with zero attached hydrogens (tertiary/aromatic N) is 3. The number of aromatic nitrogens is 2. The Kier molecular flexibility index (Phi) is 6.39. The van der Waals surface area contributed by atoms with Crippen LogP contribution < -0.4 is 15.0 Å². The highest BCUT2D eigenvalue weighted by molar-refractivity contribution is 5.46. The number of hydrogen-bond donors (Lipinski definition) is 1. The van der Waals surface area contributed by atoms with Crippen LogP contribution in [0.4, 0.5) is 5.82 Å². The first kappa shape index (κ1) is 19.2. The van der Waals surface area contributed by atoms with Crippen molar-refractivity contribution in [3.8, 4) is 5.75 Å². The second-order valence-electron chi connectivity index (χ2n) is 7.72. The fourth-order valence-corrected chi connectivity index (χ4v) is 4.19. The summed E-state index contributed by atoms with van der Waals surface area (Å²) in [6.07, 6.45) is 8.03. The number of rotatable bonds is 7. The molecule has 2 fully saturated rings. The molecule has 0 saturated carbocycles. The molecule has 1 atom stereocenters. The van der Waals surface area contributed by atoms with E-state index in [9.17, 15) is 0 Å². The molecule has 0 bridgehead atoms. The van der Waals surface area contributed by atoms with E-state index in [0.29, 0.717) is 12.0 Å². The van der Waals surface area contributed by atoms with Crippen molar-refractivity contribution in [2.45, 2.75) is 38.3 Å². The summed E-state index contributed by atoms with van der Waals surface area (Å²) in [6, 6.07) is 8.80. The van der Waals surface area contributed by atoms with Crippen molar-refractivity contribution in [2.75, 3.05) is 38.3 Å². The number of piperidine rings is 1. The second-order valence-corrected chi connectivity index (χ2v) is 7.72. The fourth-order valence-electron chi connectivity index (χ4n) is 4.19. The van der Waals surface area contributed by atoms with Gasteiger partial charge in [0.25, 0.3) is 0 Å². The highest BCUT2D eigenvalue weighted by Crippen LogP contribution is 2.29. The number of methoxy groups -OCH3 is 1. The summed E-state index contributed by atoms with van der Waals surface area (Å²) in [5.74, 6) is 2.44. The molecule has 150 valence electrons. The maximum absolute atomic E-state index is 5.61. The molecular formula is C22H30N4O2. The van der Waals surface area contributed by atoms with Crippen molar-refractivity contribution in [3.05, 3.63) is 47.9 Å². The molecule has 0 radical (unpaired) electrons. The Labute approximate surface area is 167 Å². The molecular weight excluding hydrogens is 352 g/mol. The van der Waals surface area contributed by atoms with Crippen molar-refractivity contribution < 1.29 is 9.47 Å². The van der Waals surface area contributed by atoms with Gasteiger partial charge in [0, 0.05) is 38.2 Å². The predicted octanol–water partition coefficient (Wildman–Crippen LogP) is 2.82. The second kappa shape index (κ2) is 9.34. The van der Waals surface area contributed by atoms with Crippen molar-refractivity contribution in [1.29, 1.82) is 0 Å². The third-order valence-corrected chi connectivity index (χ3v) is 5.76. The van der Waals surface area contributed by atoms with E-state index in [1.807, 2.05) is 18.5 Å². The molecule has 1 N–H and O–H groups in total. The van der Waals surface area contributed by atoms with Crippen LogP contribution in [0.25, 0.3) is 0 Å². The van der Waals surface area contributed by atoms with Crippen molar-refractivity contribution in [3.63, 3.8) is 0 Å². The summed E-state index contributed by atoms with van der Waals surface area (Å²) in [7, 11) is 1.73. The lowest BCUT2D eigenvalue weighted by Crippen LogP contribution is -2.43. The first-order chi connectivity index (χ1) is 13.8. The summed E-state index contributed by atoms with van der Waals surface area (Å²) < 4.78 is 11.2. The molecule has 4 rings (SSSR count). The van der Waals surface area contributed by atoms with Gasteiger partial charge in [0.1, 0.15) is 11.6 Å². The minimum absolute atomic E-state index is 0.477. The molecule has 2 saturated heterocycles. The molecule has 6 nitrogen and oxygen atoms in total. The van der Waals surface area contributed by atoms with Crippen LogP contribution in [0.3, 0.4) is 0 Å². The van der Waals surface area contributed by atoms with Crippen molar-refractivity contribution in [1.82, 2.24) is 15.3 Å². The largest absolute Gasteiger partial charge is 0.495 e. The molecule has 0 amide bonds. The summed E-state index contributed by atoms with van der Waals surface area (Å²) in [5, 5.41) is 3.47. The Bertz CT molecular complexity index is 743. The molecule has 6 heteroatoms. The third-order valence-electron chi connectivity index (χ3n) is 5.76. The normalized spacial score (nSPS) is 20.2. The van der Waals surface area contributed by atoms with Crippen LogP contribution in [0, 0.1) is 5.92 Å². The van der Waals surface area contributed by atoms with E-state index < -0.39 is 0 Å². The van der Waals surface area contributed by atoms with Crippen LogP contribution in [-0.2, 0) is 17.7 Å². The molecule has 2 aromatic heterocycles. The molecule has 28 heavy (non-hydrogen) atoms. The molecule has 0 aliphatic carbocycles. The summed E-state index contributed by atoms with van der Waals surface area (Å²) in [6.45, 7) is 4.61. The molecule has 2 aliphatic rings. The topological polar surface area (TPSA) is 59.5 Å². The Balaban J connectivity index is 1.62. The SMILES string of the molecule is COc1ccc(N(Cc2cccnc2)C2CCNCC2)nc1C[C@@H]1CCOC1. The van der Waals surface area contributed by atoms with E-state index in [4.69, 9.17) is 14.5 Å². The number of anilines is 1. The van der Waals surface area contributed by atoms with Gasteiger partial charge < -0.3 is 19.7 Å². The monoisotopic (exact) mass is 382 g/mol. The number of ether oxygens (including phenoxy) is 2. The minimum atomic E-state index is 0.477. The molecule has 4 heterocycles. The summed E-state index contributed by atoms with van der Waals surface area (Å²) in [4.78, 5) is 11.8.